The Balaban J connectivity index is 1.49. The summed E-state index contributed by atoms with van der Waals surface area (Å²) in [7, 11) is 0. The molecule has 0 unspecified atom stereocenters. The molecule has 4 rings (SSSR count). The largest absolute Gasteiger partial charge is 0.462 e. The Labute approximate surface area is 219 Å². The van der Waals surface area contributed by atoms with E-state index in [4.69, 9.17) is 40.8 Å². The number of fused-ring (bicyclic) bond motifs is 2. The Kier molecular flexibility index (Phi) is 8.34. The molecule has 2 fully saturated rings. The first kappa shape index (κ1) is 27.6. The van der Waals surface area contributed by atoms with Crippen LogP contribution in [0.5, 0.6) is 5.75 Å². The van der Waals surface area contributed by atoms with Crippen molar-refractivity contribution in [2.75, 3.05) is 25.2 Å². The minimum absolute atomic E-state index is 0.0255. The summed E-state index contributed by atoms with van der Waals surface area (Å²) in [4.78, 5) is 28.3. The smallest absolute Gasteiger partial charge is 0.351 e. The van der Waals surface area contributed by atoms with Gasteiger partial charge in [-0.2, -0.15) is 4.98 Å². The van der Waals surface area contributed by atoms with Crippen LogP contribution in [0.25, 0.3) is 0 Å². The molecule has 2 aliphatic rings. The fourth-order valence-corrected chi connectivity index (χ4v) is 6.18. The van der Waals surface area contributed by atoms with E-state index in [1.807, 2.05) is 6.07 Å². The van der Waals surface area contributed by atoms with Gasteiger partial charge in [-0.3, -0.25) is 14.7 Å². The highest BCUT2D eigenvalue weighted by Gasteiger charge is 2.62. The van der Waals surface area contributed by atoms with E-state index in [1.54, 1.807) is 45.0 Å². The molecule has 0 aliphatic carbocycles. The van der Waals surface area contributed by atoms with Gasteiger partial charge in [0.25, 0.3) is 6.49 Å². The van der Waals surface area contributed by atoms with Gasteiger partial charge in [0.2, 0.25) is 0 Å². The second-order valence-electron chi connectivity index (χ2n) is 9.19. The minimum Gasteiger partial charge on any atom is -0.462 e. The number of benzene rings is 1. The van der Waals surface area contributed by atoms with Crippen LogP contribution in [0.15, 0.2) is 47.4 Å². The molecule has 0 spiro atoms. The third-order valence-corrected chi connectivity index (χ3v) is 8.43. The first-order valence-corrected chi connectivity index (χ1v) is 14.6. The zero-order chi connectivity index (χ0) is 26.8. The monoisotopic (exact) mass is 554 g/mol. The van der Waals surface area contributed by atoms with Crippen LogP contribution >= 0.6 is 6.49 Å². The average molecular weight is 555 g/mol. The van der Waals surface area contributed by atoms with Crippen molar-refractivity contribution in [2.45, 2.75) is 57.0 Å². The van der Waals surface area contributed by atoms with Crippen LogP contribution in [0.4, 0.5) is 5.82 Å². The van der Waals surface area contributed by atoms with Crippen molar-refractivity contribution in [3.05, 3.63) is 53.1 Å². The number of carbonyl (C=O) groups excluding carboxylic acids is 1. The van der Waals surface area contributed by atoms with E-state index in [1.165, 1.54) is 16.8 Å². The number of anilines is 1. The van der Waals surface area contributed by atoms with Gasteiger partial charge in [0.15, 0.2) is 6.23 Å². The molecule has 2 saturated heterocycles. The molecule has 1 aromatic heterocycles. The molecule has 37 heavy (non-hydrogen) atoms. The number of aromatic nitrogens is 2. The third kappa shape index (κ3) is 6.20. The fraction of sp³-hybridized carbons (Fsp3) is 0.522. The summed E-state index contributed by atoms with van der Waals surface area (Å²) in [6, 6.07) is 9.71. The minimum atomic E-state index is -3.12. The quantitative estimate of drug-likeness (QED) is 0.269. The Morgan fingerprint density at radius 3 is 2.76 bits per heavy atom. The Morgan fingerprint density at radius 1 is 1.35 bits per heavy atom. The zero-order valence-corrected chi connectivity index (χ0v) is 22.4. The maximum absolute atomic E-state index is 12.4. The number of aliphatic hydroxyl groups is 1. The summed E-state index contributed by atoms with van der Waals surface area (Å²) in [5.74, 6) is 0.136. The summed E-state index contributed by atoms with van der Waals surface area (Å²) >= 11 is 5.81. The van der Waals surface area contributed by atoms with Crippen molar-refractivity contribution in [1.29, 1.82) is 0 Å². The number of carbonyl (C=O) groups is 1. The molecule has 2 bridgehead atoms. The lowest BCUT2D eigenvalue weighted by Gasteiger charge is -2.33. The summed E-state index contributed by atoms with van der Waals surface area (Å²) in [5, 5.41) is 14.0. The highest BCUT2D eigenvalue weighted by molar-refractivity contribution is 8.10. The molecular formula is C23H31N4O8PS. The molecule has 0 radical (unpaired) electrons. The number of aliphatic hydroxyl groups excluding tert-OH is 1. The maximum atomic E-state index is 12.4. The van der Waals surface area contributed by atoms with E-state index in [9.17, 15) is 14.7 Å². The normalized spacial score (nSPS) is 27.1. The molecule has 14 heteroatoms. The van der Waals surface area contributed by atoms with Gasteiger partial charge in [0, 0.05) is 6.20 Å². The van der Waals surface area contributed by atoms with E-state index in [0.29, 0.717) is 5.75 Å². The van der Waals surface area contributed by atoms with Gasteiger partial charge in [-0.05, 0) is 50.8 Å². The number of para-hydroxylation sites is 1. The number of nitrogen functional groups attached to an aromatic ring is 1. The van der Waals surface area contributed by atoms with Gasteiger partial charge >= 0.3 is 11.7 Å². The Hall–Kier alpha value is -2.38. The maximum Gasteiger partial charge on any atom is 0.351 e. The van der Waals surface area contributed by atoms with Gasteiger partial charge in [-0.15, -0.1) is 0 Å². The predicted octanol–water partition coefficient (Wildman–Crippen LogP) is 1.15. The van der Waals surface area contributed by atoms with E-state index < -0.39 is 48.2 Å². The first-order chi connectivity index (χ1) is 17.5. The lowest BCUT2D eigenvalue weighted by Crippen LogP contribution is -2.45. The second-order valence-corrected chi connectivity index (χ2v) is 12.8. The van der Waals surface area contributed by atoms with Crippen molar-refractivity contribution < 1.29 is 33.2 Å². The number of ether oxygens (including phenoxy) is 3. The summed E-state index contributed by atoms with van der Waals surface area (Å²) in [6.45, 7) is 1.92. The van der Waals surface area contributed by atoms with Crippen LogP contribution in [0.2, 0.25) is 0 Å². The molecular weight excluding hydrogens is 523 g/mol. The lowest BCUT2D eigenvalue weighted by atomic mass is 10.0. The SMILES string of the molecule is CC(C)OC(=O)[C@@H](C)NC[P@@](=S)(OC[C@@]12CO[C@@H]([C@H](n3ccc(N)nc3=O)O1)[C@@H]2O)Oc1ccccc1. The van der Waals surface area contributed by atoms with Gasteiger partial charge in [0.1, 0.15) is 35.4 Å². The number of nitrogens with zero attached hydrogens (tertiary/aromatic N) is 2. The van der Waals surface area contributed by atoms with Crippen LogP contribution < -0.4 is 21.3 Å². The van der Waals surface area contributed by atoms with E-state index in [2.05, 4.69) is 10.3 Å². The van der Waals surface area contributed by atoms with Crippen molar-refractivity contribution in [3.63, 3.8) is 0 Å². The molecule has 0 amide bonds. The van der Waals surface area contributed by atoms with Gasteiger partial charge in [-0.1, -0.05) is 18.2 Å². The van der Waals surface area contributed by atoms with E-state index >= 15 is 0 Å². The second kappa shape index (κ2) is 11.2. The Bertz CT molecular complexity index is 1210. The number of rotatable bonds is 11. The summed E-state index contributed by atoms with van der Waals surface area (Å²) in [5.41, 5.74) is 3.66. The molecule has 6 atom stereocenters. The molecule has 12 nitrogen and oxygen atoms in total. The molecule has 3 heterocycles. The highest BCUT2D eigenvalue weighted by atomic mass is 32.5. The average Bonchev–Trinajstić information content (AvgIpc) is 3.31. The predicted molar refractivity (Wildman–Crippen MR) is 138 cm³/mol. The van der Waals surface area contributed by atoms with Crippen molar-refractivity contribution >= 4 is 30.1 Å². The van der Waals surface area contributed by atoms with E-state index in [-0.39, 0.29) is 31.4 Å². The number of nitrogens with one attached hydrogen (secondary N) is 1. The topological polar surface area (TPSA) is 156 Å². The van der Waals surface area contributed by atoms with Crippen molar-refractivity contribution in [2.24, 2.45) is 0 Å². The third-order valence-electron chi connectivity index (χ3n) is 5.92. The summed E-state index contributed by atoms with van der Waals surface area (Å²) in [6.07, 6.45) is -1.63. The Morgan fingerprint density at radius 2 is 2.08 bits per heavy atom. The van der Waals surface area contributed by atoms with Gasteiger partial charge < -0.3 is 34.1 Å². The fourth-order valence-electron chi connectivity index (χ4n) is 3.98. The number of nitrogens with two attached hydrogens (primary N) is 1. The first-order valence-electron chi connectivity index (χ1n) is 11.8. The van der Waals surface area contributed by atoms with Crippen LogP contribution in [-0.2, 0) is 35.3 Å². The summed E-state index contributed by atoms with van der Waals surface area (Å²) < 4.78 is 30.6. The van der Waals surface area contributed by atoms with E-state index in [0.717, 1.165) is 0 Å². The zero-order valence-electron chi connectivity index (χ0n) is 20.7. The van der Waals surface area contributed by atoms with Gasteiger partial charge in [0.05, 0.1) is 25.6 Å². The molecule has 4 N–H and O–H groups in total. The molecule has 0 saturated carbocycles. The number of esters is 1. The number of hydrogen-bond acceptors (Lipinski definition) is 12. The molecule has 1 aromatic carbocycles. The highest BCUT2D eigenvalue weighted by Crippen LogP contribution is 2.52. The van der Waals surface area contributed by atoms with Crippen LogP contribution in [0, 0.1) is 0 Å². The van der Waals surface area contributed by atoms with Gasteiger partial charge in [-0.25, -0.2) is 4.79 Å². The van der Waals surface area contributed by atoms with Crippen LogP contribution in [0.3, 0.4) is 0 Å². The lowest BCUT2D eigenvalue weighted by molar-refractivity contribution is -0.184. The standard InChI is InChI=1S/C23H31N4O8PS/c1-14(2)33-21(29)15(3)25-13-36(37,35-16-7-5-4-6-8-16)32-12-23-11-31-18(19(23)28)20(34-23)27-10-9-17(24)26-22(27)30/h4-10,14-15,18-20,25,28H,11-13H2,1-3H3,(H2,24,26,30)/t15-,18-,19+,20-,23-,36-/m1/s1. The molecule has 202 valence electrons. The van der Waals surface area contributed by atoms with Crippen LogP contribution in [0.1, 0.15) is 27.0 Å². The number of hydrogen-bond donors (Lipinski definition) is 3. The molecule has 2 aliphatic heterocycles. The van der Waals surface area contributed by atoms with Crippen molar-refractivity contribution in [3.8, 4) is 5.75 Å². The molecule has 2 aromatic rings. The van der Waals surface area contributed by atoms with Crippen LogP contribution in [-0.4, -0.2) is 70.1 Å². The van der Waals surface area contributed by atoms with Crippen molar-refractivity contribution in [1.82, 2.24) is 14.9 Å².